The molecule has 0 saturated carbocycles. The summed E-state index contributed by atoms with van der Waals surface area (Å²) >= 11 is 0. The van der Waals surface area contributed by atoms with Crippen molar-refractivity contribution in [1.29, 1.82) is 0 Å². The van der Waals surface area contributed by atoms with E-state index >= 15 is 0 Å². The molecule has 1 aliphatic rings. The van der Waals surface area contributed by atoms with Crippen molar-refractivity contribution in [2.75, 3.05) is 19.6 Å². The Hall–Kier alpha value is -1.70. The van der Waals surface area contributed by atoms with Crippen LogP contribution in [0.25, 0.3) is 11.3 Å². The average molecular weight is 349 g/mol. The van der Waals surface area contributed by atoms with Crippen LogP contribution in [0.3, 0.4) is 0 Å². The van der Waals surface area contributed by atoms with E-state index in [1.54, 1.807) is 37.5 Å². The van der Waals surface area contributed by atoms with Gasteiger partial charge in [-0.15, -0.1) is 0 Å². The van der Waals surface area contributed by atoms with Gasteiger partial charge in [0.05, 0.1) is 4.90 Å². The van der Waals surface area contributed by atoms with E-state index in [2.05, 4.69) is 15.0 Å². The predicted molar refractivity (Wildman–Crippen MR) is 92.1 cm³/mol. The van der Waals surface area contributed by atoms with Crippen molar-refractivity contribution < 1.29 is 12.8 Å². The second-order valence-corrected chi connectivity index (χ2v) is 7.94. The quantitative estimate of drug-likeness (QED) is 0.836. The molecule has 0 spiro atoms. The lowest BCUT2D eigenvalue weighted by atomic mass is 9.96. The topological polar surface area (TPSA) is 84.2 Å². The van der Waals surface area contributed by atoms with Gasteiger partial charge in [-0.3, -0.25) is 0 Å². The molecule has 1 fully saturated rings. The van der Waals surface area contributed by atoms with E-state index in [1.165, 1.54) is 12.8 Å². The Labute approximate surface area is 142 Å². The molecule has 0 aliphatic carbocycles. The Morgan fingerprint density at radius 2 is 2.12 bits per heavy atom. The smallest absolute Gasteiger partial charge is 0.240 e. The second-order valence-electron chi connectivity index (χ2n) is 6.17. The van der Waals surface area contributed by atoms with Crippen molar-refractivity contribution in [3.8, 4) is 11.3 Å². The summed E-state index contributed by atoms with van der Waals surface area (Å²) < 4.78 is 32.6. The fourth-order valence-electron chi connectivity index (χ4n) is 2.95. The first-order valence-corrected chi connectivity index (χ1v) is 9.76. The monoisotopic (exact) mass is 349 g/mol. The SMILES string of the molecule is Cc1nc(-c2ccc(S(=O)(=O)NCCC3CCCNC3)cc2)co1. The van der Waals surface area contributed by atoms with Gasteiger partial charge in [0.2, 0.25) is 10.0 Å². The molecular formula is C17H23N3O3S. The number of sulfonamides is 1. The molecule has 1 unspecified atom stereocenters. The molecule has 6 nitrogen and oxygen atoms in total. The highest BCUT2D eigenvalue weighted by Gasteiger charge is 2.17. The minimum Gasteiger partial charge on any atom is -0.449 e. The first-order chi connectivity index (χ1) is 11.5. The summed E-state index contributed by atoms with van der Waals surface area (Å²) in [6.45, 7) is 4.29. The molecule has 0 radical (unpaired) electrons. The summed E-state index contributed by atoms with van der Waals surface area (Å²) in [6, 6.07) is 6.70. The van der Waals surface area contributed by atoms with E-state index in [4.69, 9.17) is 4.42 Å². The third kappa shape index (κ3) is 4.23. The Morgan fingerprint density at radius 3 is 2.75 bits per heavy atom. The fraction of sp³-hybridized carbons (Fsp3) is 0.471. The molecule has 2 aromatic rings. The van der Waals surface area contributed by atoms with Gasteiger partial charge in [0.1, 0.15) is 12.0 Å². The van der Waals surface area contributed by atoms with Crippen LogP contribution in [0.1, 0.15) is 25.2 Å². The van der Waals surface area contributed by atoms with Crippen LogP contribution in [0.15, 0.2) is 39.8 Å². The van der Waals surface area contributed by atoms with E-state index < -0.39 is 10.0 Å². The van der Waals surface area contributed by atoms with E-state index in [0.717, 1.165) is 25.1 Å². The lowest BCUT2D eigenvalue weighted by Gasteiger charge is -2.22. The van der Waals surface area contributed by atoms with Crippen molar-refractivity contribution in [3.63, 3.8) is 0 Å². The van der Waals surface area contributed by atoms with Crippen LogP contribution in [-0.2, 0) is 10.0 Å². The summed E-state index contributed by atoms with van der Waals surface area (Å²) in [6.07, 6.45) is 4.76. The van der Waals surface area contributed by atoms with Gasteiger partial charge in [0, 0.05) is 19.0 Å². The zero-order chi connectivity index (χ0) is 17.0. The van der Waals surface area contributed by atoms with Crippen LogP contribution in [-0.4, -0.2) is 33.0 Å². The number of hydrogen-bond donors (Lipinski definition) is 2. The van der Waals surface area contributed by atoms with Crippen molar-refractivity contribution in [2.45, 2.75) is 31.1 Å². The number of nitrogens with zero attached hydrogens (tertiary/aromatic N) is 1. The van der Waals surface area contributed by atoms with Crippen LogP contribution in [0.5, 0.6) is 0 Å². The summed E-state index contributed by atoms with van der Waals surface area (Å²) in [5.74, 6) is 1.14. The minimum atomic E-state index is -3.47. The standard InChI is InChI=1S/C17H23N3O3S/c1-13-20-17(12-23-13)15-4-6-16(7-5-15)24(21,22)19-10-8-14-3-2-9-18-11-14/h4-7,12,14,18-19H,2-3,8-11H2,1H3. The fourth-order valence-corrected chi connectivity index (χ4v) is 4.00. The van der Waals surface area contributed by atoms with E-state index in [-0.39, 0.29) is 4.90 Å². The predicted octanol–water partition coefficient (Wildman–Crippen LogP) is 2.32. The van der Waals surface area contributed by atoms with Crippen molar-refractivity contribution in [1.82, 2.24) is 15.0 Å². The lowest BCUT2D eigenvalue weighted by molar-refractivity contribution is 0.358. The van der Waals surface area contributed by atoms with Gasteiger partial charge in [0.25, 0.3) is 0 Å². The molecular weight excluding hydrogens is 326 g/mol. The first-order valence-electron chi connectivity index (χ1n) is 8.27. The third-order valence-electron chi connectivity index (χ3n) is 4.32. The molecule has 130 valence electrons. The van der Waals surface area contributed by atoms with Crippen LogP contribution in [0.4, 0.5) is 0 Å². The van der Waals surface area contributed by atoms with Crippen molar-refractivity contribution in [2.24, 2.45) is 5.92 Å². The van der Waals surface area contributed by atoms with Crippen LogP contribution >= 0.6 is 0 Å². The number of benzene rings is 1. The van der Waals surface area contributed by atoms with E-state index in [9.17, 15) is 8.42 Å². The number of aryl methyl sites for hydroxylation is 1. The van der Waals surface area contributed by atoms with Gasteiger partial charge in [0.15, 0.2) is 5.89 Å². The number of rotatable bonds is 6. The summed E-state index contributed by atoms with van der Waals surface area (Å²) in [5, 5.41) is 3.35. The zero-order valence-electron chi connectivity index (χ0n) is 13.8. The molecule has 24 heavy (non-hydrogen) atoms. The molecule has 1 saturated heterocycles. The van der Waals surface area contributed by atoms with Gasteiger partial charge in [-0.25, -0.2) is 18.1 Å². The minimum absolute atomic E-state index is 0.272. The largest absolute Gasteiger partial charge is 0.449 e. The van der Waals surface area contributed by atoms with Crippen LogP contribution < -0.4 is 10.0 Å². The maximum Gasteiger partial charge on any atom is 0.240 e. The molecule has 0 bridgehead atoms. The lowest BCUT2D eigenvalue weighted by Crippen LogP contribution is -2.33. The highest BCUT2D eigenvalue weighted by molar-refractivity contribution is 7.89. The number of oxazole rings is 1. The molecule has 0 amide bonds. The Bertz CT molecular complexity index is 763. The molecule has 1 atom stereocenters. The Morgan fingerprint density at radius 1 is 1.33 bits per heavy atom. The summed E-state index contributed by atoms with van der Waals surface area (Å²) in [7, 11) is -3.47. The number of hydrogen-bond acceptors (Lipinski definition) is 5. The Kier molecular flexibility index (Phi) is 5.33. The number of nitrogens with one attached hydrogen (secondary N) is 2. The van der Waals surface area contributed by atoms with E-state index in [1.807, 2.05) is 0 Å². The highest BCUT2D eigenvalue weighted by Crippen LogP contribution is 2.21. The van der Waals surface area contributed by atoms with Crippen molar-refractivity contribution >= 4 is 10.0 Å². The second kappa shape index (κ2) is 7.46. The normalized spacial score (nSPS) is 18.6. The number of aromatic nitrogens is 1. The molecule has 1 aromatic carbocycles. The molecule has 2 N–H and O–H groups in total. The summed E-state index contributed by atoms with van der Waals surface area (Å²) in [4.78, 5) is 4.51. The molecule has 1 aromatic heterocycles. The van der Waals surface area contributed by atoms with Gasteiger partial charge in [-0.1, -0.05) is 12.1 Å². The maximum absolute atomic E-state index is 12.4. The van der Waals surface area contributed by atoms with Gasteiger partial charge >= 0.3 is 0 Å². The maximum atomic E-state index is 12.4. The Balaban J connectivity index is 1.59. The molecule has 1 aliphatic heterocycles. The van der Waals surface area contributed by atoms with E-state index in [0.29, 0.717) is 24.0 Å². The van der Waals surface area contributed by atoms with Gasteiger partial charge < -0.3 is 9.73 Å². The first kappa shape index (κ1) is 17.1. The average Bonchev–Trinajstić information content (AvgIpc) is 3.02. The zero-order valence-corrected chi connectivity index (χ0v) is 14.6. The van der Waals surface area contributed by atoms with Crippen LogP contribution in [0, 0.1) is 12.8 Å². The molecule has 2 heterocycles. The molecule has 7 heteroatoms. The van der Waals surface area contributed by atoms with Gasteiger partial charge in [-0.2, -0.15) is 0 Å². The highest BCUT2D eigenvalue weighted by atomic mass is 32.2. The van der Waals surface area contributed by atoms with Crippen LogP contribution in [0.2, 0.25) is 0 Å². The third-order valence-corrected chi connectivity index (χ3v) is 5.80. The van der Waals surface area contributed by atoms with Crippen molar-refractivity contribution in [3.05, 3.63) is 36.4 Å². The molecule has 3 rings (SSSR count). The van der Waals surface area contributed by atoms with Gasteiger partial charge in [-0.05, 0) is 50.4 Å². The number of piperidine rings is 1. The summed E-state index contributed by atoms with van der Waals surface area (Å²) in [5.41, 5.74) is 1.54.